The van der Waals surface area contributed by atoms with Crippen molar-refractivity contribution in [1.29, 1.82) is 0 Å². The van der Waals surface area contributed by atoms with Crippen LogP contribution in [-0.4, -0.2) is 23.1 Å². The first kappa shape index (κ1) is 13.4. The van der Waals surface area contributed by atoms with Crippen LogP contribution < -0.4 is 10.6 Å². The van der Waals surface area contributed by atoms with Crippen molar-refractivity contribution in [3.63, 3.8) is 0 Å². The summed E-state index contributed by atoms with van der Waals surface area (Å²) in [6, 6.07) is 1.60. The quantitative estimate of drug-likeness (QED) is 0.865. The zero-order valence-corrected chi connectivity index (χ0v) is 10.1. The van der Waals surface area contributed by atoms with Crippen molar-refractivity contribution in [3.8, 4) is 0 Å². The van der Waals surface area contributed by atoms with E-state index in [0.717, 1.165) is 12.5 Å². The second-order valence-corrected chi connectivity index (χ2v) is 4.24. The molecule has 7 heteroatoms. The summed E-state index contributed by atoms with van der Waals surface area (Å²) in [6.45, 7) is 0.907. The van der Waals surface area contributed by atoms with Gasteiger partial charge in [-0.05, 0) is 18.6 Å². The maximum absolute atomic E-state index is 12.4. The molecule has 0 aromatic carbocycles. The highest BCUT2D eigenvalue weighted by Crippen LogP contribution is 2.23. The summed E-state index contributed by atoms with van der Waals surface area (Å²) in [5, 5.41) is 4.72. The van der Waals surface area contributed by atoms with Gasteiger partial charge in [0.05, 0.1) is 0 Å². The zero-order valence-electron chi connectivity index (χ0n) is 10.1. The average molecular weight is 271 g/mol. The van der Waals surface area contributed by atoms with Gasteiger partial charge in [-0.1, -0.05) is 6.07 Å². The number of carbonyl (C=O) groups excluding carboxylic acids is 1. The molecular formula is C12H12F3N3O. The molecule has 1 aromatic rings. The summed E-state index contributed by atoms with van der Waals surface area (Å²) in [5.74, 6) is -0.116. The van der Waals surface area contributed by atoms with E-state index in [0.29, 0.717) is 5.82 Å². The van der Waals surface area contributed by atoms with E-state index < -0.39 is 18.1 Å². The second kappa shape index (κ2) is 4.91. The normalized spacial score (nSPS) is 15.9. The number of carbonyl (C=O) groups is 1. The van der Waals surface area contributed by atoms with Gasteiger partial charge < -0.3 is 10.6 Å². The Morgan fingerprint density at radius 1 is 1.53 bits per heavy atom. The Bertz CT molecular complexity index is 525. The maximum atomic E-state index is 12.4. The van der Waals surface area contributed by atoms with Crippen molar-refractivity contribution in [3.05, 3.63) is 35.7 Å². The molecule has 0 saturated carbocycles. The zero-order chi connectivity index (χ0) is 14.0. The molecule has 0 saturated heterocycles. The van der Waals surface area contributed by atoms with Gasteiger partial charge >= 0.3 is 6.18 Å². The number of hydrogen-bond acceptors (Lipinski definition) is 3. The van der Waals surface area contributed by atoms with Crippen LogP contribution in [0, 0.1) is 0 Å². The van der Waals surface area contributed by atoms with E-state index in [-0.39, 0.29) is 12.0 Å². The molecule has 19 heavy (non-hydrogen) atoms. The molecule has 1 aromatic heterocycles. The molecule has 1 amide bonds. The highest BCUT2D eigenvalue weighted by molar-refractivity contribution is 5.95. The van der Waals surface area contributed by atoms with Crippen molar-refractivity contribution in [2.75, 3.05) is 5.32 Å². The summed E-state index contributed by atoms with van der Waals surface area (Å²) in [6.07, 6.45) is -1.21. The van der Waals surface area contributed by atoms with E-state index in [4.69, 9.17) is 0 Å². The number of alkyl halides is 3. The van der Waals surface area contributed by atoms with Gasteiger partial charge in [0.1, 0.15) is 11.9 Å². The lowest BCUT2D eigenvalue weighted by Gasteiger charge is -2.20. The van der Waals surface area contributed by atoms with Crippen LogP contribution in [0.25, 0.3) is 0 Å². The molecule has 0 aliphatic carbocycles. The summed E-state index contributed by atoms with van der Waals surface area (Å²) in [4.78, 5) is 15.8. The molecule has 1 aliphatic heterocycles. The molecular weight excluding hydrogens is 259 g/mol. The molecule has 0 bridgehead atoms. The fourth-order valence-electron chi connectivity index (χ4n) is 1.64. The molecule has 0 unspecified atom stereocenters. The number of rotatable bonds is 2. The van der Waals surface area contributed by atoms with Crippen LogP contribution in [0.4, 0.5) is 19.0 Å². The SMILES string of the molecule is C[C@H](NC(=O)C1=CNc2ncccc2C1)C(F)(F)F. The third-order valence-electron chi connectivity index (χ3n) is 2.79. The lowest BCUT2D eigenvalue weighted by Crippen LogP contribution is -2.44. The number of hydrogen-bond donors (Lipinski definition) is 2. The van der Waals surface area contributed by atoms with Crippen molar-refractivity contribution >= 4 is 11.7 Å². The van der Waals surface area contributed by atoms with Crippen molar-refractivity contribution in [2.24, 2.45) is 0 Å². The number of aromatic nitrogens is 1. The van der Waals surface area contributed by atoms with Gasteiger partial charge in [-0.25, -0.2) is 4.98 Å². The Morgan fingerprint density at radius 3 is 2.95 bits per heavy atom. The Morgan fingerprint density at radius 2 is 2.26 bits per heavy atom. The standard InChI is InChI=1S/C12H12F3N3O/c1-7(12(13,14)15)18-11(19)9-5-8-3-2-4-16-10(8)17-6-9/h2-4,6-7H,5H2,1H3,(H,16,17)(H,18,19)/t7-/m0/s1. The van der Waals surface area contributed by atoms with Crippen LogP contribution >= 0.6 is 0 Å². The van der Waals surface area contributed by atoms with Gasteiger partial charge in [0, 0.05) is 24.4 Å². The summed E-state index contributed by atoms with van der Waals surface area (Å²) in [5.41, 5.74) is 1.02. The van der Waals surface area contributed by atoms with Crippen LogP contribution in [0.2, 0.25) is 0 Å². The molecule has 2 heterocycles. The van der Waals surface area contributed by atoms with Gasteiger partial charge in [-0.15, -0.1) is 0 Å². The predicted octanol–water partition coefficient (Wildman–Crippen LogP) is 2.00. The first-order chi connectivity index (χ1) is 8.88. The highest BCUT2D eigenvalue weighted by Gasteiger charge is 2.37. The molecule has 1 aliphatic rings. The van der Waals surface area contributed by atoms with Crippen LogP contribution in [0.3, 0.4) is 0 Å². The number of fused-ring (bicyclic) bond motifs is 1. The Hall–Kier alpha value is -2.05. The van der Waals surface area contributed by atoms with Crippen molar-refractivity contribution < 1.29 is 18.0 Å². The molecule has 102 valence electrons. The van der Waals surface area contributed by atoms with Gasteiger partial charge in [-0.3, -0.25) is 4.79 Å². The van der Waals surface area contributed by atoms with Crippen molar-refractivity contribution in [2.45, 2.75) is 25.6 Å². The Labute approximate surface area is 107 Å². The van der Waals surface area contributed by atoms with Gasteiger partial charge in [0.2, 0.25) is 5.91 Å². The van der Waals surface area contributed by atoms with Crippen molar-refractivity contribution in [1.82, 2.24) is 10.3 Å². The third kappa shape index (κ3) is 3.04. The van der Waals surface area contributed by atoms with E-state index in [2.05, 4.69) is 10.3 Å². The minimum absolute atomic E-state index is 0.247. The van der Waals surface area contributed by atoms with E-state index >= 15 is 0 Å². The number of amides is 1. The number of pyridine rings is 1. The van der Waals surface area contributed by atoms with Crippen LogP contribution in [-0.2, 0) is 11.2 Å². The number of nitrogens with one attached hydrogen (secondary N) is 2. The van der Waals surface area contributed by atoms with E-state index in [1.165, 1.54) is 6.20 Å². The largest absolute Gasteiger partial charge is 0.408 e. The Balaban J connectivity index is 2.05. The first-order valence-electron chi connectivity index (χ1n) is 5.65. The molecule has 0 fully saturated rings. The van der Waals surface area contributed by atoms with Crippen LogP contribution in [0.1, 0.15) is 12.5 Å². The molecule has 4 nitrogen and oxygen atoms in total. The summed E-state index contributed by atoms with van der Waals surface area (Å²) < 4.78 is 37.1. The molecule has 2 N–H and O–H groups in total. The van der Waals surface area contributed by atoms with E-state index in [1.54, 1.807) is 18.3 Å². The smallest absolute Gasteiger partial charge is 0.346 e. The number of anilines is 1. The molecule has 0 radical (unpaired) electrons. The fourth-order valence-corrected chi connectivity index (χ4v) is 1.64. The number of halogens is 3. The molecule has 2 rings (SSSR count). The van der Waals surface area contributed by atoms with Gasteiger partial charge in [0.15, 0.2) is 0 Å². The summed E-state index contributed by atoms with van der Waals surface area (Å²) >= 11 is 0. The monoisotopic (exact) mass is 271 g/mol. The average Bonchev–Trinajstić information content (AvgIpc) is 2.37. The molecule has 0 spiro atoms. The maximum Gasteiger partial charge on any atom is 0.408 e. The van der Waals surface area contributed by atoms with Crippen LogP contribution in [0.15, 0.2) is 30.1 Å². The highest BCUT2D eigenvalue weighted by atomic mass is 19.4. The first-order valence-corrected chi connectivity index (χ1v) is 5.65. The Kier molecular flexibility index (Phi) is 3.46. The molecule has 1 atom stereocenters. The lowest BCUT2D eigenvalue weighted by atomic mass is 10.0. The van der Waals surface area contributed by atoms with E-state index in [9.17, 15) is 18.0 Å². The fraction of sp³-hybridized carbons (Fsp3) is 0.333. The predicted molar refractivity (Wildman–Crippen MR) is 63.3 cm³/mol. The minimum Gasteiger partial charge on any atom is -0.346 e. The lowest BCUT2D eigenvalue weighted by molar-refractivity contribution is -0.156. The van der Waals surface area contributed by atoms with Gasteiger partial charge in [-0.2, -0.15) is 13.2 Å². The second-order valence-electron chi connectivity index (χ2n) is 4.24. The minimum atomic E-state index is -4.45. The topological polar surface area (TPSA) is 54.0 Å². The van der Waals surface area contributed by atoms with Crippen LogP contribution in [0.5, 0.6) is 0 Å². The summed E-state index contributed by atoms with van der Waals surface area (Å²) in [7, 11) is 0. The third-order valence-corrected chi connectivity index (χ3v) is 2.79. The number of nitrogens with zero attached hydrogens (tertiary/aromatic N) is 1. The van der Waals surface area contributed by atoms with Gasteiger partial charge in [0.25, 0.3) is 0 Å². The van der Waals surface area contributed by atoms with E-state index in [1.807, 2.05) is 5.32 Å².